The molecular formula is C15H19N3O3S. The van der Waals surface area contributed by atoms with Gasteiger partial charge in [0, 0.05) is 17.2 Å². The maximum atomic E-state index is 12.4. The van der Waals surface area contributed by atoms with Crippen LogP contribution in [0.1, 0.15) is 23.2 Å². The van der Waals surface area contributed by atoms with Crippen molar-refractivity contribution in [3.63, 3.8) is 0 Å². The summed E-state index contributed by atoms with van der Waals surface area (Å²) in [5.41, 5.74) is 1.04. The number of benzene rings is 1. The second-order valence-electron chi connectivity index (χ2n) is 5.52. The molecule has 0 amide bonds. The first-order chi connectivity index (χ1) is 10.4. The summed E-state index contributed by atoms with van der Waals surface area (Å²) in [4.78, 5) is 14.5. The maximum Gasteiger partial charge on any atom is 0.229 e. The highest BCUT2D eigenvalue weighted by Gasteiger charge is 2.25. The first-order valence-corrected chi connectivity index (χ1v) is 8.99. The Morgan fingerprint density at radius 1 is 1.32 bits per heavy atom. The van der Waals surface area contributed by atoms with Crippen molar-refractivity contribution in [2.75, 3.05) is 30.6 Å². The number of sulfonamides is 1. The lowest BCUT2D eigenvalue weighted by molar-refractivity contribution is 0.0849. The Bertz CT molecular complexity index is 669. The summed E-state index contributed by atoms with van der Waals surface area (Å²) in [5, 5.41) is 8.67. The van der Waals surface area contributed by atoms with Crippen molar-refractivity contribution in [3.05, 3.63) is 29.8 Å². The predicted octanol–water partition coefficient (Wildman–Crippen LogP) is 1.48. The molecule has 0 aromatic heterocycles. The van der Waals surface area contributed by atoms with E-state index in [1.165, 1.54) is 0 Å². The van der Waals surface area contributed by atoms with Crippen LogP contribution in [0.5, 0.6) is 0 Å². The second-order valence-corrected chi connectivity index (χ2v) is 7.27. The molecule has 6 nitrogen and oxygen atoms in total. The zero-order valence-electron chi connectivity index (χ0n) is 12.4. The van der Waals surface area contributed by atoms with E-state index in [-0.39, 0.29) is 11.7 Å². The number of nitrogens with zero attached hydrogens (tertiary/aromatic N) is 2. The summed E-state index contributed by atoms with van der Waals surface area (Å²) < 4.78 is 24.7. The van der Waals surface area contributed by atoms with E-state index < -0.39 is 10.0 Å². The summed E-state index contributed by atoms with van der Waals surface area (Å²) in [6.07, 6.45) is 2.59. The molecule has 0 atom stereocenters. The quantitative estimate of drug-likeness (QED) is 0.655. The molecular weight excluding hydrogens is 302 g/mol. The van der Waals surface area contributed by atoms with Crippen molar-refractivity contribution in [1.82, 2.24) is 4.90 Å². The van der Waals surface area contributed by atoms with Crippen LogP contribution in [0.15, 0.2) is 24.3 Å². The lowest BCUT2D eigenvalue weighted by atomic mass is 9.89. The fourth-order valence-electron chi connectivity index (χ4n) is 2.61. The van der Waals surface area contributed by atoms with Crippen molar-refractivity contribution >= 4 is 21.5 Å². The van der Waals surface area contributed by atoms with Gasteiger partial charge in [-0.1, -0.05) is 0 Å². The number of piperidine rings is 1. The molecule has 1 N–H and O–H groups in total. The van der Waals surface area contributed by atoms with Crippen LogP contribution in [0.3, 0.4) is 0 Å². The van der Waals surface area contributed by atoms with Gasteiger partial charge >= 0.3 is 0 Å². The molecule has 0 bridgehead atoms. The fraction of sp³-hybridized carbons (Fsp3) is 0.467. The molecule has 1 fully saturated rings. The molecule has 22 heavy (non-hydrogen) atoms. The topological polar surface area (TPSA) is 90.3 Å². The van der Waals surface area contributed by atoms with Crippen LogP contribution < -0.4 is 4.72 Å². The summed E-state index contributed by atoms with van der Waals surface area (Å²) in [6, 6.07) is 8.62. The zero-order valence-corrected chi connectivity index (χ0v) is 13.3. The number of anilines is 1. The van der Waals surface area contributed by atoms with Crippen molar-refractivity contribution in [3.8, 4) is 6.07 Å². The molecule has 1 aliphatic heterocycles. The van der Waals surface area contributed by atoms with Crippen molar-refractivity contribution < 1.29 is 13.2 Å². The van der Waals surface area contributed by atoms with Crippen LogP contribution in [0.2, 0.25) is 0 Å². The first-order valence-electron chi connectivity index (χ1n) is 7.10. The average Bonchev–Trinajstić information content (AvgIpc) is 2.47. The van der Waals surface area contributed by atoms with Gasteiger partial charge in [0.05, 0.1) is 18.9 Å². The number of Topliss-reactive ketones (excluding diaryl/α,β-unsaturated/α-hetero) is 1. The smallest absolute Gasteiger partial charge is 0.229 e. The monoisotopic (exact) mass is 321 g/mol. The minimum Gasteiger partial charge on any atom is -0.294 e. The van der Waals surface area contributed by atoms with E-state index in [0.29, 0.717) is 17.8 Å². The third-order valence-electron chi connectivity index (χ3n) is 3.73. The van der Waals surface area contributed by atoms with E-state index >= 15 is 0 Å². The predicted molar refractivity (Wildman–Crippen MR) is 84.0 cm³/mol. The van der Waals surface area contributed by atoms with Gasteiger partial charge in [-0.2, -0.15) is 5.26 Å². The Hall–Kier alpha value is -1.91. The molecule has 1 aromatic rings. The summed E-state index contributed by atoms with van der Waals surface area (Å²) in [7, 11) is -3.31. The number of nitrogens with one attached hydrogen (secondary N) is 1. The zero-order chi connectivity index (χ0) is 16.2. The molecule has 0 aliphatic carbocycles. The van der Waals surface area contributed by atoms with Crippen LogP contribution in [-0.4, -0.2) is 45.0 Å². The van der Waals surface area contributed by atoms with Gasteiger partial charge < -0.3 is 0 Å². The molecule has 1 heterocycles. The Kier molecular flexibility index (Phi) is 5.16. The van der Waals surface area contributed by atoms with Crippen LogP contribution in [-0.2, 0) is 10.0 Å². The van der Waals surface area contributed by atoms with Gasteiger partial charge in [0.25, 0.3) is 0 Å². The number of carbonyl (C=O) groups is 1. The third-order valence-corrected chi connectivity index (χ3v) is 4.33. The Labute approximate surface area is 130 Å². The van der Waals surface area contributed by atoms with Gasteiger partial charge in [-0.15, -0.1) is 0 Å². The SMILES string of the molecule is CS(=O)(=O)Nc1ccc(C(=O)C2CCN(CC#N)CC2)cc1. The number of carbonyl (C=O) groups excluding carboxylic acids is 1. The summed E-state index contributed by atoms with van der Waals surface area (Å²) in [5.74, 6) is 0.0613. The molecule has 0 saturated carbocycles. The van der Waals surface area contributed by atoms with Crippen molar-refractivity contribution in [1.29, 1.82) is 5.26 Å². The Morgan fingerprint density at radius 3 is 2.41 bits per heavy atom. The van der Waals surface area contributed by atoms with Gasteiger partial charge in [-0.3, -0.25) is 14.4 Å². The first kappa shape index (κ1) is 16.5. The Morgan fingerprint density at radius 2 is 1.91 bits per heavy atom. The molecule has 2 rings (SSSR count). The molecule has 118 valence electrons. The highest BCUT2D eigenvalue weighted by atomic mass is 32.2. The molecule has 1 saturated heterocycles. The van der Waals surface area contributed by atoms with Gasteiger partial charge in [0.15, 0.2) is 5.78 Å². The third kappa shape index (κ3) is 4.55. The molecule has 0 unspecified atom stereocenters. The number of ketones is 1. The van der Waals surface area contributed by atoms with Gasteiger partial charge in [-0.25, -0.2) is 8.42 Å². The minimum atomic E-state index is -3.31. The van der Waals surface area contributed by atoms with E-state index in [2.05, 4.69) is 10.8 Å². The van der Waals surface area contributed by atoms with Crippen LogP contribution in [0.4, 0.5) is 5.69 Å². The highest BCUT2D eigenvalue weighted by Crippen LogP contribution is 2.22. The highest BCUT2D eigenvalue weighted by molar-refractivity contribution is 7.92. The van der Waals surface area contributed by atoms with E-state index in [9.17, 15) is 13.2 Å². The largest absolute Gasteiger partial charge is 0.294 e. The minimum absolute atomic E-state index is 0.0244. The normalized spacial score (nSPS) is 16.9. The number of hydrogen-bond donors (Lipinski definition) is 1. The molecule has 1 aliphatic rings. The number of rotatable bonds is 5. The van der Waals surface area contributed by atoms with E-state index in [1.54, 1.807) is 24.3 Å². The lowest BCUT2D eigenvalue weighted by Gasteiger charge is -2.29. The van der Waals surface area contributed by atoms with Gasteiger partial charge in [0.1, 0.15) is 0 Å². The summed E-state index contributed by atoms with van der Waals surface area (Å²) in [6.45, 7) is 1.93. The van der Waals surface area contributed by atoms with Crippen molar-refractivity contribution in [2.24, 2.45) is 5.92 Å². The lowest BCUT2D eigenvalue weighted by Crippen LogP contribution is -2.36. The number of hydrogen-bond acceptors (Lipinski definition) is 5. The maximum absolute atomic E-state index is 12.4. The number of nitriles is 1. The fourth-order valence-corrected chi connectivity index (χ4v) is 3.17. The summed E-state index contributed by atoms with van der Waals surface area (Å²) >= 11 is 0. The molecule has 0 spiro atoms. The van der Waals surface area contributed by atoms with Gasteiger partial charge in [0.2, 0.25) is 10.0 Å². The molecule has 7 heteroatoms. The molecule has 0 radical (unpaired) electrons. The van der Waals surface area contributed by atoms with E-state index in [4.69, 9.17) is 5.26 Å². The van der Waals surface area contributed by atoms with Gasteiger partial charge in [-0.05, 0) is 50.2 Å². The van der Waals surface area contributed by atoms with Crippen LogP contribution >= 0.6 is 0 Å². The second kappa shape index (κ2) is 6.90. The molecule has 1 aromatic carbocycles. The standard InChI is InChI=1S/C15H19N3O3S/c1-22(20,21)17-14-4-2-12(3-5-14)15(19)13-6-9-18(10-7-13)11-8-16/h2-5,13,17H,6-7,9-11H2,1H3. The average molecular weight is 321 g/mol. The number of likely N-dealkylation sites (tertiary alicyclic amines) is 1. The van der Waals surface area contributed by atoms with E-state index in [1.807, 2.05) is 4.90 Å². The van der Waals surface area contributed by atoms with E-state index in [0.717, 1.165) is 32.2 Å². The van der Waals surface area contributed by atoms with Crippen LogP contribution in [0, 0.1) is 17.2 Å². The van der Waals surface area contributed by atoms with Crippen molar-refractivity contribution in [2.45, 2.75) is 12.8 Å². The Balaban J connectivity index is 1.97. The van der Waals surface area contributed by atoms with Crippen LogP contribution in [0.25, 0.3) is 0 Å².